The van der Waals surface area contributed by atoms with E-state index in [-0.39, 0.29) is 6.09 Å². The second-order valence-electron chi connectivity index (χ2n) is 6.96. The number of hydrogen-bond acceptors (Lipinski definition) is 2. The molecule has 1 saturated heterocycles. The van der Waals surface area contributed by atoms with E-state index in [1.54, 1.807) is 0 Å². The van der Waals surface area contributed by atoms with Gasteiger partial charge in [0.25, 0.3) is 0 Å². The van der Waals surface area contributed by atoms with Crippen molar-refractivity contribution < 1.29 is 9.53 Å². The van der Waals surface area contributed by atoms with Crippen LogP contribution in [0.25, 0.3) is 6.08 Å². The molecule has 0 spiro atoms. The van der Waals surface area contributed by atoms with Gasteiger partial charge < -0.3 is 9.64 Å². The van der Waals surface area contributed by atoms with Gasteiger partial charge >= 0.3 is 6.09 Å². The van der Waals surface area contributed by atoms with Crippen molar-refractivity contribution in [3.05, 3.63) is 42.0 Å². The molecule has 1 aliphatic heterocycles. The molecule has 0 atom stereocenters. The quantitative estimate of drug-likeness (QED) is 0.807. The molecule has 3 nitrogen and oxygen atoms in total. The summed E-state index contributed by atoms with van der Waals surface area (Å²) in [5.74, 6) is 0.665. The molecule has 1 fully saturated rings. The molecule has 0 unspecified atom stereocenters. The van der Waals surface area contributed by atoms with Crippen LogP contribution in [0.15, 0.2) is 36.4 Å². The van der Waals surface area contributed by atoms with E-state index in [1.807, 2.05) is 31.7 Å². The predicted octanol–water partition coefficient (Wildman–Crippen LogP) is 4.74. The minimum atomic E-state index is -0.410. The van der Waals surface area contributed by atoms with Crippen LogP contribution in [0.5, 0.6) is 0 Å². The van der Waals surface area contributed by atoms with Gasteiger partial charge in [-0.2, -0.15) is 0 Å². The second-order valence-corrected chi connectivity index (χ2v) is 6.96. The van der Waals surface area contributed by atoms with Gasteiger partial charge in [-0.3, -0.25) is 0 Å². The monoisotopic (exact) mass is 301 g/mol. The zero-order valence-electron chi connectivity index (χ0n) is 13.9. The van der Waals surface area contributed by atoms with Crippen LogP contribution in [0.2, 0.25) is 0 Å². The van der Waals surface area contributed by atoms with E-state index in [4.69, 9.17) is 4.74 Å². The fraction of sp³-hybridized carbons (Fsp3) is 0.526. The van der Waals surface area contributed by atoms with Gasteiger partial charge in [-0.05, 0) is 51.5 Å². The highest BCUT2D eigenvalue weighted by Crippen LogP contribution is 2.23. The third-order valence-electron chi connectivity index (χ3n) is 3.85. The van der Waals surface area contributed by atoms with Crippen molar-refractivity contribution in [1.29, 1.82) is 0 Å². The number of hydrogen-bond donors (Lipinski definition) is 0. The molecule has 0 aliphatic carbocycles. The Morgan fingerprint density at radius 3 is 2.45 bits per heavy atom. The van der Waals surface area contributed by atoms with E-state index in [2.05, 4.69) is 36.4 Å². The first kappa shape index (κ1) is 16.6. The van der Waals surface area contributed by atoms with Crippen molar-refractivity contribution in [3.8, 4) is 0 Å². The summed E-state index contributed by atoms with van der Waals surface area (Å²) < 4.78 is 5.42. The molecule has 1 amide bonds. The third kappa shape index (κ3) is 5.55. The zero-order valence-corrected chi connectivity index (χ0v) is 13.9. The molecular formula is C19H27NO2. The summed E-state index contributed by atoms with van der Waals surface area (Å²) in [5, 5.41) is 0. The molecule has 1 heterocycles. The smallest absolute Gasteiger partial charge is 0.410 e. The first-order chi connectivity index (χ1) is 10.4. The van der Waals surface area contributed by atoms with Crippen molar-refractivity contribution >= 4 is 12.2 Å². The van der Waals surface area contributed by atoms with Gasteiger partial charge in [0.2, 0.25) is 0 Å². The van der Waals surface area contributed by atoms with E-state index in [0.717, 1.165) is 32.4 Å². The fourth-order valence-electron chi connectivity index (χ4n) is 2.64. The number of carbonyl (C=O) groups is 1. The molecule has 22 heavy (non-hydrogen) atoms. The Balaban J connectivity index is 1.73. The van der Waals surface area contributed by atoms with Gasteiger partial charge in [0.15, 0.2) is 0 Å². The summed E-state index contributed by atoms with van der Waals surface area (Å²) in [6.45, 7) is 7.33. The average molecular weight is 301 g/mol. The Hall–Kier alpha value is -1.77. The number of rotatable bonds is 3. The minimum Gasteiger partial charge on any atom is -0.444 e. The predicted molar refractivity (Wildman–Crippen MR) is 90.6 cm³/mol. The molecule has 1 aromatic rings. The number of carbonyl (C=O) groups excluding carboxylic acids is 1. The maximum Gasteiger partial charge on any atom is 0.410 e. The van der Waals surface area contributed by atoms with E-state index in [9.17, 15) is 4.79 Å². The van der Waals surface area contributed by atoms with Crippen LogP contribution in [0.4, 0.5) is 4.79 Å². The Kier molecular flexibility index (Phi) is 5.64. The third-order valence-corrected chi connectivity index (χ3v) is 3.85. The molecule has 0 bridgehead atoms. The summed E-state index contributed by atoms with van der Waals surface area (Å²) >= 11 is 0. The lowest BCUT2D eigenvalue weighted by atomic mass is 9.93. The van der Waals surface area contributed by atoms with Gasteiger partial charge in [-0.25, -0.2) is 4.79 Å². The fourth-order valence-corrected chi connectivity index (χ4v) is 2.64. The SMILES string of the molecule is CC(C)(C)OC(=O)N1CCC(C/C=C/c2ccccc2)CC1. The van der Waals surface area contributed by atoms with E-state index in [1.165, 1.54) is 5.56 Å². The van der Waals surface area contributed by atoms with E-state index >= 15 is 0 Å². The Morgan fingerprint density at radius 1 is 1.23 bits per heavy atom. The highest BCUT2D eigenvalue weighted by molar-refractivity contribution is 5.68. The molecule has 2 rings (SSSR count). The first-order valence-electron chi connectivity index (χ1n) is 8.13. The number of amides is 1. The molecule has 1 aliphatic rings. The summed E-state index contributed by atoms with van der Waals surface area (Å²) in [5.41, 5.74) is 0.834. The van der Waals surface area contributed by atoms with Gasteiger partial charge in [0.05, 0.1) is 0 Å². The average Bonchev–Trinajstić information content (AvgIpc) is 2.47. The number of benzene rings is 1. The van der Waals surface area contributed by atoms with Gasteiger partial charge in [0, 0.05) is 13.1 Å². The molecule has 0 N–H and O–H groups in total. The summed E-state index contributed by atoms with van der Waals surface area (Å²) in [6, 6.07) is 10.4. The zero-order chi connectivity index (χ0) is 16.0. The maximum absolute atomic E-state index is 12.0. The standard InChI is InChI=1S/C19H27NO2/c1-19(2,3)22-18(21)20-14-12-17(13-15-20)11-7-10-16-8-5-4-6-9-16/h4-10,17H,11-15H2,1-3H3/b10-7+. The number of allylic oxidation sites excluding steroid dienone is 1. The van der Waals surface area contributed by atoms with E-state index in [0.29, 0.717) is 5.92 Å². The Bertz CT molecular complexity index is 494. The lowest BCUT2D eigenvalue weighted by Gasteiger charge is -2.33. The maximum atomic E-state index is 12.0. The topological polar surface area (TPSA) is 29.5 Å². The second kappa shape index (κ2) is 7.48. The van der Waals surface area contributed by atoms with Crippen molar-refractivity contribution in [2.75, 3.05) is 13.1 Å². The molecule has 120 valence electrons. The van der Waals surface area contributed by atoms with Crippen LogP contribution >= 0.6 is 0 Å². The Labute approximate surface area is 134 Å². The molecule has 3 heteroatoms. The van der Waals surface area contributed by atoms with Gasteiger partial charge in [-0.15, -0.1) is 0 Å². The minimum absolute atomic E-state index is 0.175. The highest BCUT2D eigenvalue weighted by atomic mass is 16.6. The van der Waals surface area contributed by atoms with Crippen LogP contribution in [0, 0.1) is 5.92 Å². The molecule has 0 radical (unpaired) electrons. The lowest BCUT2D eigenvalue weighted by molar-refractivity contribution is 0.0185. The molecular weight excluding hydrogens is 274 g/mol. The lowest BCUT2D eigenvalue weighted by Crippen LogP contribution is -2.41. The number of piperidine rings is 1. The summed E-state index contributed by atoms with van der Waals surface area (Å²) in [4.78, 5) is 13.8. The van der Waals surface area contributed by atoms with E-state index < -0.39 is 5.60 Å². The largest absolute Gasteiger partial charge is 0.444 e. The van der Waals surface area contributed by atoms with Crippen LogP contribution in [-0.2, 0) is 4.74 Å². The van der Waals surface area contributed by atoms with Crippen LogP contribution in [0.1, 0.15) is 45.6 Å². The molecule has 0 aromatic heterocycles. The normalized spacial score (nSPS) is 17.0. The van der Waals surface area contributed by atoms with Crippen LogP contribution in [-0.4, -0.2) is 29.7 Å². The number of likely N-dealkylation sites (tertiary alicyclic amines) is 1. The van der Waals surface area contributed by atoms with Gasteiger partial charge in [-0.1, -0.05) is 42.5 Å². The Morgan fingerprint density at radius 2 is 1.86 bits per heavy atom. The summed E-state index contributed by atoms with van der Waals surface area (Å²) in [6.07, 6.45) is 7.45. The molecule has 1 aromatic carbocycles. The highest BCUT2D eigenvalue weighted by Gasteiger charge is 2.26. The number of ether oxygens (including phenoxy) is 1. The van der Waals surface area contributed by atoms with Crippen molar-refractivity contribution in [2.24, 2.45) is 5.92 Å². The number of nitrogens with zero attached hydrogens (tertiary/aromatic N) is 1. The molecule has 0 saturated carbocycles. The van der Waals surface area contributed by atoms with Crippen molar-refractivity contribution in [1.82, 2.24) is 4.90 Å². The summed E-state index contributed by atoms with van der Waals surface area (Å²) in [7, 11) is 0. The van der Waals surface area contributed by atoms with Gasteiger partial charge in [0.1, 0.15) is 5.60 Å². The van der Waals surface area contributed by atoms with Crippen LogP contribution < -0.4 is 0 Å². The first-order valence-corrected chi connectivity index (χ1v) is 8.13. The van der Waals surface area contributed by atoms with Crippen molar-refractivity contribution in [3.63, 3.8) is 0 Å². The van der Waals surface area contributed by atoms with Crippen LogP contribution in [0.3, 0.4) is 0 Å². The van der Waals surface area contributed by atoms with Crippen molar-refractivity contribution in [2.45, 2.75) is 45.6 Å².